The van der Waals surface area contributed by atoms with Gasteiger partial charge in [0, 0.05) is 47.7 Å². The van der Waals surface area contributed by atoms with Crippen LogP contribution in [0.2, 0.25) is 0 Å². The van der Waals surface area contributed by atoms with Gasteiger partial charge in [0.1, 0.15) is 17.8 Å². The van der Waals surface area contributed by atoms with Crippen molar-refractivity contribution in [3.63, 3.8) is 0 Å². The van der Waals surface area contributed by atoms with Crippen LogP contribution in [0, 0.1) is 0 Å². The third-order valence-electron chi connectivity index (χ3n) is 5.38. The fraction of sp³-hybridized carbons (Fsp3) is 0.190. The predicted molar refractivity (Wildman–Crippen MR) is 128 cm³/mol. The van der Waals surface area contributed by atoms with Crippen LogP contribution in [-0.2, 0) is 0 Å². The smallest absolute Gasteiger partial charge is 0.173 e. The molecule has 0 saturated carbocycles. The summed E-state index contributed by atoms with van der Waals surface area (Å²) in [5.41, 5.74) is 2.92. The highest BCUT2D eigenvalue weighted by Gasteiger charge is 2.23. The lowest BCUT2D eigenvalue weighted by molar-refractivity contribution is 0.390. The molecule has 5 rings (SSSR count). The van der Waals surface area contributed by atoms with Crippen molar-refractivity contribution >= 4 is 62.7 Å². The largest absolute Gasteiger partial charge is 0.352 e. The van der Waals surface area contributed by atoms with Crippen LogP contribution in [0.25, 0.3) is 21.9 Å². The highest BCUT2D eigenvalue weighted by Crippen LogP contribution is 2.31. The van der Waals surface area contributed by atoms with Gasteiger partial charge in [0.15, 0.2) is 5.11 Å². The number of hydrogen-bond donors (Lipinski definition) is 3. The number of anilines is 2. The molecule has 0 atom stereocenters. The molecule has 0 spiro atoms. The summed E-state index contributed by atoms with van der Waals surface area (Å²) in [5, 5.41) is 11.9. The Balaban J connectivity index is 1.30. The number of benzene rings is 2. The summed E-state index contributed by atoms with van der Waals surface area (Å²) in [4.78, 5) is 18.0. The Morgan fingerprint density at radius 1 is 1.03 bits per heavy atom. The zero-order chi connectivity index (χ0) is 20.5. The molecular weight excluding hydrogens is 414 g/mol. The number of para-hydroxylation sites is 1. The first-order valence-corrected chi connectivity index (χ1v) is 11.0. The number of piperazine rings is 1. The van der Waals surface area contributed by atoms with Crippen LogP contribution >= 0.6 is 24.2 Å². The van der Waals surface area contributed by atoms with Crippen LogP contribution in [0.4, 0.5) is 11.5 Å². The summed E-state index contributed by atoms with van der Waals surface area (Å²) < 4.78 is 0. The summed E-state index contributed by atoms with van der Waals surface area (Å²) in [7, 11) is 0. The summed E-state index contributed by atoms with van der Waals surface area (Å²) in [6, 6.07) is 16.2. The molecule has 2 aromatic carbocycles. The molecule has 0 bridgehead atoms. The van der Waals surface area contributed by atoms with Gasteiger partial charge in [-0.05, 0) is 54.5 Å². The molecule has 152 valence electrons. The molecule has 1 saturated heterocycles. The number of nitrogens with zero attached hydrogens (tertiary/aromatic N) is 4. The molecule has 1 aliphatic heterocycles. The van der Waals surface area contributed by atoms with E-state index in [-0.39, 0.29) is 0 Å². The number of nitrogens with one attached hydrogen (secondary N) is 2. The lowest BCUT2D eigenvalue weighted by Crippen LogP contribution is -2.50. The topological polar surface area (TPSA) is 86.1 Å². The molecule has 9 heteroatoms. The number of fused-ring (bicyclic) bond motifs is 3. The molecule has 1 fully saturated rings. The van der Waals surface area contributed by atoms with Crippen LogP contribution in [0.5, 0.6) is 0 Å². The van der Waals surface area contributed by atoms with E-state index in [1.165, 1.54) is 11.9 Å². The number of hydrogen-bond acceptors (Lipinski definition) is 6. The van der Waals surface area contributed by atoms with Gasteiger partial charge in [-0.1, -0.05) is 18.2 Å². The quantitative estimate of drug-likeness (QED) is 0.332. The average molecular weight is 436 g/mol. The number of aromatic nitrogens is 3. The number of rotatable bonds is 3. The number of aromatic amines is 1. The van der Waals surface area contributed by atoms with Crippen molar-refractivity contribution in [3.8, 4) is 0 Å². The minimum Gasteiger partial charge on any atom is -0.352 e. The van der Waals surface area contributed by atoms with Crippen molar-refractivity contribution in [1.82, 2.24) is 19.9 Å². The van der Waals surface area contributed by atoms with Gasteiger partial charge in [0.25, 0.3) is 0 Å². The van der Waals surface area contributed by atoms with Gasteiger partial charge in [-0.15, -0.1) is 0 Å². The molecule has 0 amide bonds. The summed E-state index contributed by atoms with van der Waals surface area (Å²) in [6.45, 7) is 3.35. The van der Waals surface area contributed by atoms with Gasteiger partial charge >= 0.3 is 0 Å². The summed E-state index contributed by atoms with van der Waals surface area (Å²) in [5.74, 6) is 0.978. The maximum absolute atomic E-state index is 5.63. The molecule has 2 aromatic heterocycles. The highest BCUT2D eigenvalue weighted by atomic mass is 32.2. The fourth-order valence-electron chi connectivity index (χ4n) is 3.84. The van der Waals surface area contributed by atoms with Gasteiger partial charge in [-0.2, -0.15) is 0 Å². The minimum atomic E-state index is 0.739. The zero-order valence-electron chi connectivity index (χ0n) is 16.2. The lowest BCUT2D eigenvalue weighted by atomic mass is 10.2. The monoisotopic (exact) mass is 435 g/mol. The fourth-order valence-corrected chi connectivity index (χ4v) is 4.43. The van der Waals surface area contributed by atoms with Gasteiger partial charge in [0.2, 0.25) is 0 Å². The van der Waals surface area contributed by atoms with Crippen LogP contribution in [-0.4, -0.2) is 51.1 Å². The highest BCUT2D eigenvalue weighted by molar-refractivity contribution is 7.97. The normalized spacial score (nSPS) is 14.4. The van der Waals surface area contributed by atoms with Crippen LogP contribution in [0.15, 0.2) is 59.8 Å². The summed E-state index contributed by atoms with van der Waals surface area (Å²) in [6.07, 6.45) is 1.63. The molecule has 3 heterocycles. The van der Waals surface area contributed by atoms with E-state index >= 15 is 0 Å². The van der Waals surface area contributed by atoms with Crippen molar-refractivity contribution in [2.24, 2.45) is 5.14 Å². The number of thiocarbonyl (C=S) groups is 1. The van der Waals surface area contributed by atoms with Crippen molar-refractivity contribution in [1.29, 1.82) is 0 Å². The van der Waals surface area contributed by atoms with E-state index in [0.29, 0.717) is 0 Å². The maximum atomic E-state index is 5.63. The standard InChI is InChI=1S/C21H21N7S2/c22-30-15-7-5-14(6-8-15)25-21(29)28-11-9-27(10-12-28)20-18-16-3-1-2-4-17(16)26-19(18)23-13-24-20/h1-8,13H,9-12,22H2,(H,25,29)(H,23,24,26). The Morgan fingerprint density at radius 3 is 2.57 bits per heavy atom. The third kappa shape index (κ3) is 3.55. The van der Waals surface area contributed by atoms with Gasteiger partial charge in [0.05, 0.1) is 5.39 Å². The van der Waals surface area contributed by atoms with Crippen molar-refractivity contribution in [3.05, 3.63) is 54.9 Å². The van der Waals surface area contributed by atoms with E-state index in [1.54, 1.807) is 6.33 Å². The molecule has 4 aromatic rings. The minimum absolute atomic E-state index is 0.739. The van der Waals surface area contributed by atoms with Gasteiger partial charge in [-0.25, -0.2) is 9.97 Å². The first kappa shape index (κ1) is 19.1. The van der Waals surface area contributed by atoms with E-state index < -0.39 is 0 Å². The Kier molecular flexibility index (Phi) is 5.16. The van der Waals surface area contributed by atoms with E-state index in [9.17, 15) is 0 Å². The molecule has 0 unspecified atom stereocenters. The van der Waals surface area contributed by atoms with E-state index in [0.717, 1.165) is 69.6 Å². The SMILES string of the molecule is NSc1ccc(NC(=S)N2CCN(c3ncnc4[nH]c5ccccc5c34)CC2)cc1. The Hall–Kier alpha value is -2.88. The van der Waals surface area contributed by atoms with Gasteiger partial charge in [-0.3, -0.25) is 5.14 Å². The first-order valence-electron chi connectivity index (χ1n) is 9.72. The Labute approximate surface area is 183 Å². The van der Waals surface area contributed by atoms with E-state index in [4.69, 9.17) is 17.4 Å². The Morgan fingerprint density at radius 2 is 1.80 bits per heavy atom. The summed E-state index contributed by atoms with van der Waals surface area (Å²) >= 11 is 6.87. The second kappa shape index (κ2) is 8.10. The molecule has 30 heavy (non-hydrogen) atoms. The Bertz CT molecular complexity index is 1200. The number of nitrogens with two attached hydrogens (primary N) is 1. The van der Waals surface area contributed by atoms with Crippen molar-refractivity contribution in [2.45, 2.75) is 4.90 Å². The number of H-pyrrole nitrogens is 1. The molecular formula is C21H21N7S2. The molecule has 4 N–H and O–H groups in total. The molecule has 0 aliphatic carbocycles. The lowest BCUT2D eigenvalue weighted by Gasteiger charge is -2.37. The van der Waals surface area contributed by atoms with Crippen molar-refractivity contribution < 1.29 is 0 Å². The van der Waals surface area contributed by atoms with Crippen LogP contribution in [0.1, 0.15) is 0 Å². The third-order valence-corrected chi connectivity index (χ3v) is 6.29. The van der Waals surface area contributed by atoms with Crippen LogP contribution < -0.4 is 15.4 Å². The zero-order valence-corrected chi connectivity index (χ0v) is 17.8. The maximum Gasteiger partial charge on any atom is 0.173 e. The second-order valence-corrected chi connectivity index (χ2v) is 8.23. The second-order valence-electron chi connectivity index (χ2n) is 7.14. The van der Waals surface area contributed by atoms with Crippen LogP contribution in [0.3, 0.4) is 0 Å². The van der Waals surface area contributed by atoms with E-state index in [1.807, 2.05) is 36.4 Å². The average Bonchev–Trinajstić information content (AvgIpc) is 3.18. The molecule has 1 aliphatic rings. The van der Waals surface area contributed by atoms with Gasteiger partial charge < -0.3 is 20.1 Å². The first-order chi connectivity index (χ1) is 14.7. The predicted octanol–water partition coefficient (Wildman–Crippen LogP) is 3.60. The van der Waals surface area contributed by atoms with Crippen molar-refractivity contribution in [2.75, 3.05) is 36.4 Å². The van der Waals surface area contributed by atoms with E-state index in [2.05, 4.69) is 42.2 Å². The molecule has 7 nitrogen and oxygen atoms in total. The molecule has 0 radical (unpaired) electrons.